The van der Waals surface area contributed by atoms with Crippen LogP contribution < -0.4 is 10.6 Å². The number of nitrogens with one attached hydrogen (secondary N) is 2. The zero-order chi connectivity index (χ0) is 15.0. The molecule has 0 saturated carbocycles. The molecule has 0 aromatic heterocycles. The maximum absolute atomic E-state index is 11.7. The van der Waals surface area contributed by atoms with Gasteiger partial charge in [0.15, 0.2) is 0 Å². The van der Waals surface area contributed by atoms with Crippen molar-refractivity contribution in [3.8, 4) is 0 Å². The van der Waals surface area contributed by atoms with Gasteiger partial charge >= 0.3 is 12.2 Å². The molecule has 0 heterocycles. The Kier molecular flexibility index (Phi) is 6.36. The van der Waals surface area contributed by atoms with Gasteiger partial charge < -0.3 is 20.5 Å². The molecule has 1 aromatic carbocycles. The number of amides is 2. The molecule has 0 radical (unpaired) electrons. The average molecular weight is 280 g/mol. The van der Waals surface area contributed by atoms with Gasteiger partial charge in [0.05, 0.1) is 6.04 Å². The van der Waals surface area contributed by atoms with Crippen molar-refractivity contribution in [3.63, 3.8) is 0 Å². The Morgan fingerprint density at radius 3 is 2.45 bits per heavy atom. The number of hydrogen-bond acceptors (Lipinski definition) is 3. The van der Waals surface area contributed by atoms with Gasteiger partial charge in [0.25, 0.3) is 0 Å². The molecule has 6 nitrogen and oxygen atoms in total. The molecule has 0 spiro atoms. The maximum atomic E-state index is 11.7. The number of alkyl carbamates (subject to hydrolysis) is 1. The molecule has 0 aliphatic heterocycles. The second-order valence-corrected chi connectivity index (χ2v) is 4.74. The van der Waals surface area contributed by atoms with E-state index < -0.39 is 12.2 Å². The summed E-state index contributed by atoms with van der Waals surface area (Å²) < 4.78 is 5.09. The quantitative estimate of drug-likeness (QED) is 0.745. The Morgan fingerprint density at radius 2 is 1.90 bits per heavy atom. The van der Waals surface area contributed by atoms with Crippen LogP contribution in [-0.4, -0.2) is 29.9 Å². The lowest BCUT2D eigenvalue weighted by molar-refractivity contribution is 0.132. The van der Waals surface area contributed by atoms with Crippen LogP contribution in [0.4, 0.5) is 9.59 Å². The molecule has 110 valence electrons. The van der Waals surface area contributed by atoms with Crippen LogP contribution in [0.1, 0.15) is 19.4 Å². The van der Waals surface area contributed by atoms with Crippen LogP contribution in [0.2, 0.25) is 0 Å². The van der Waals surface area contributed by atoms with E-state index in [1.807, 2.05) is 44.2 Å². The zero-order valence-corrected chi connectivity index (χ0v) is 11.6. The van der Waals surface area contributed by atoms with E-state index in [0.29, 0.717) is 0 Å². The molecule has 0 saturated heterocycles. The Morgan fingerprint density at radius 1 is 1.25 bits per heavy atom. The van der Waals surface area contributed by atoms with Crippen molar-refractivity contribution in [2.45, 2.75) is 26.5 Å². The second kappa shape index (κ2) is 8.04. The highest BCUT2D eigenvalue weighted by molar-refractivity contribution is 5.68. The van der Waals surface area contributed by atoms with Gasteiger partial charge in [0.2, 0.25) is 0 Å². The summed E-state index contributed by atoms with van der Waals surface area (Å²) in [5.74, 6) is 0.0890. The summed E-state index contributed by atoms with van der Waals surface area (Å²) in [5.41, 5.74) is 0.896. The molecular formula is C14H20N2O4. The van der Waals surface area contributed by atoms with E-state index in [0.717, 1.165) is 5.56 Å². The molecule has 1 atom stereocenters. The summed E-state index contributed by atoms with van der Waals surface area (Å²) in [6, 6.07) is 9.03. The molecule has 0 bridgehead atoms. The molecular weight excluding hydrogens is 260 g/mol. The number of hydrogen-bond donors (Lipinski definition) is 3. The third kappa shape index (κ3) is 6.08. The number of ether oxygens (including phenoxy) is 1. The molecule has 6 heteroatoms. The van der Waals surface area contributed by atoms with Gasteiger partial charge in [-0.1, -0.05) is 44.2 Å². The van der Waals surface area contributed by atoms with Gasteiger partial charge in [-0.3, -0.25) is 0 Å². The highest BCUT2D eigenvalue weighted by Gasteiger charge is 2.17. The van der Waals surface area contributed by atoms with E-state index in [1.165, 1.54) is 0 Å². The summed E-state index contributed by atoms with van der Waals surface area (Å²) >= 11 is 0. The topological polar surface area (TPSA) is 87.7 Å². The van der Waals surface area contributed by atoms with Gasteiger partial charge in [-0.2, -0.15) is 0 Å². The number of benzene rings is 1. The fraction of sp³-hybridized carbons (Fsp3) is 0.429. The number of carbonyl (C=O) groups excluding carboxylic acids is 1. The third-order valence-electron chi connectivity index (χ3n) is 2.79. The van der Waals surface area contributed by atoms with Gasteiger partial charge in [-0.25, -0.2) is 9.59 Å². The van der Waals surface area contributed by atoms with E-state index in [2.05, 4.69) is 10.6 Å². The van der Waals surface area contributed by atoms with Crippen LogP contribution in [0.25, 0.3) is 0 Å². The smallest absolute Gasteiger partial charge is 0.407 e. The van der Waals surface area contributed by atoms with Crippen molar-refractivity contribution in [3.05, 3.63) is 35.9 Å². The highest BCUT2D eigenvalue weighted by atomic mass is 16.5. The first-order chi connectivity index (χ1) is 9.49. The van der Waals surface area contributed by atoms with Crippen LogP contribution in [0, 0.1) is 5.92 Å². The van der Waals surface area contributed by atoms with E-state index >= 15 is 0 Å². The van der Waals surface area contributed by atoms with Gasteiger partial charge in [0, 0.05) is 6.54 Å². The van der Waals surface area contributed by atoms with Gasteiger partial charge in [-0.15, -0.1) is 0 Å². The molecule has 0 fully saturated rings. The number of rotatable bonds is 6. The summed E-state index contributed by atoms with van der Waals surface area (Å²) in [6.07, 6.45) is -1.67. The lowest BCUT2D eigenvalue weighted by Gasteiger charge is -2.21. The van der Waals surface area contributed by atoms with Crippen molar-refractivity contribution >= 4 is 12.2 Å². The van der Waals surface area contributed by atoms with Crippen LogP contribution >= 0.6 is 0 Å². The minimum Gasteiger partial charge on any atom is -0.465 e. The summed E-state index contributed by atoms with van der Waals surface area (Å²) in [4.78, 5) is 22.1. The minimum atomic E-state index is -1.12. The van der Waals surface area contributed by atoms with E-state index in [4.69, 9.17) is 9.84 Å². The van der Waals surface area contributed by atoms with E-state index in [1.54, 1.807) is 0 Å². The molecule has 0 aliphatic rings. The second-order valence-electron chi connectivity index (χ2n) is 4.74. The molecule has 1 rings (SSSR count). The van der Waals surface area contributed by atoms with E-state index in [-0.39, 0.29) is 25.1 Å². The predicted octanol–water partition coefficient (Wildman–Crippen LogP) is 2.21. The van der Waals surface area contributed by atoms with E-state index in [9.17, 15) is 9.59 Å². The summed E-state index contributed by atoms with van der Waals surface area (Å²) in [6.45, 7) is 4.12. The largest absolute Gasteiger partial charge is 0.465 e. The lowest BCUT2D eigenvalue weighted by atomic mass is 10.1. The standard InChI is InChI=1S/C14H20N2O4/c1-10(2)12(8-15-13(17)18)16-14(19)20-9-11-6-4-3-5-7-11/h3-7,10,12,15H,8-9H2,1-2H3,(H,16,19)(H,17,18)/t12-/m1/s1. The predicted molar refractivity (Wildman–Crippen MR) is 74.4 cm³/mol. The summed E-state index contributed by atoms with van der Waals surface area (Å²) in [5, 5.41) is 13.5. The third-order valence-corrected chi connectivity index (χ3v) is 2.79. The first-order valence-corrected chi connectivity index (χ1v) is 6.43. The normalized spacial score (nSPS) is 11.8. The minimum absolute atomic E-state index is 0.0890. The monoisotopic (exact) mass is 280 g/mol. The van der Waals surface area contributed by atoms with Crippen LogP contribution in [0.3, 0.4) is 0 Å². The Labute approximate surface area is 118 Å². The first kappa shape index (κ1) is 15.8. The number of carbonyl (C=O) groups is 2. The fourth-order valence-electron chi connectivity index (χ4n) is 1.57. The molecule has 3 N–H and O–H groups in total. The zero-order valence-electron chi connectivity index (χ0n) is 11.6. The van der Waals surface area contributed by atoms with Crippen LogP contribution in [0.5, 0.6) is 0 Å². The summed E-state index contributed by atoms with van der Waals surface area (Å²) in [7, 11) is 0. The number of carboxylic acid groups (broad SMARTS) is 1. The van der Waals surface area contributed by atoms with Crippen LogP contribution in [-0.2, 0) is 11.3 Å². The van der Waals surface area contributed by atoms with Gasteiger partial charge in [0.1, 0.15) is 6.61 Å². The Balaban J connectivity index is 2.39. The molecule has 1 aromatic rings. The molecule has 2 amide bonds. The van der Waals surface area contributed by atoms with Crippen molar-refractivity contribution in [2.24, 2.45) is 5.92 Å². The molecule has 20 heavy (non-hydrogen) atoms. The Hall–Kier alpha value is -2.24. The molecule has 0 unspecified atom stereocenters. The van der Waals surface area contributed by atoms with Crippen molar-refractivity contribution in [1.29, 1.82) is 0 Å². The van der Waals surface area contributed by atoms with Gasteiger partial charge in [-0.05, 0) is 11.5 Å². The lowest BCUT2D eigenvalue weighted by Crippen LogP contribution is -2.46. The SMILES string of the molecule is CC(C)[C@@H](CNC(=O)O)NC(=O)OCc1ccccc1. The fourth-order valence-corrected chi connectivity index (χ4v) is 1.57. The maximum Gasteiger partial charge on any atom is 0.407 e. The van der Waals surface area contributed by atoms with Crippen LogP contribution in [0.15, 0.2) is 30.3 Å². The van der Waals surface area contributed by atoms with Crippen molar-refractivity contribution < 1.29 is 19.4 Å². The highest BCUT2D eigenvalue weighted by Crippen LogP contribution is 2.03. The average Bonchev–Trinajstić information content (AvgIpc) is 2.41. The Bertz CT molecular complexity index is 434. The van der Waals surface area contributed by atoms with Crippen molar-refractivity contribution in [1.82, 2.24) is 10.6 Å². The van der Waals surface area contributed by atoms with Crippen molar-refractivity contribution in [2.75, 3.05) is 6.54 Å². The molecule has 0 aliphatic carbocycles. The first-order valence-electron chi connectivity index (χ1n) is 6.43.